The SMILES string of the molecule is CS(=O)(=O)O.Nc1cc(C2(N3C(=O)c4cc(I)ccc4N(CCN4CCOCC4)C(=O)C3c3ccc(Cl)cc3)CC2)ccc1Cl. The summed E-state index contributed by atoms with van der Waals surface area (Å²) in [5.74, 6) is -0.321. The van der Waals surface area contributed by atoms with Crippen LogP contribution in [0.15, 0.2) is 60.7 Å². The second-order valence-electron chi connectivity index (χ2n) is 11.2. The van der Waals surface area contributed by atoms with Crippen LogP contribution in [0.4, 0.5) is 11.4 Å². The quantitative estimate of drug-likeness (QED) is 0.197. The number of fused-ring (bicyclic) bond motifs is 1. The fraction of sp³-hybridized carbons (Fsp3) is 0.355. The van der Waals surface area contributed by atoms with Gasteiger partial charge in [-0.05, 0) is 89.0 Å². The molecule has 3 aliphatic rings. The van der Waals surface area contributed by atoms with Crippen molar-refractivity contribution >= 4 is 79.1 Å². The number of rotatable bonds is 6. The Balaban J connectivity index is 0.000000743. The van der Waals surface area contributed by atoms with Crippen LogP contribution in [-0.2, 0) is 25.2 Å². The van der Waals surface area contributed by atoms with Gasteiger partial charge in [0.1, 0.15) is 6.04 Å². The van der Waals surface area contributed by atoms with Gasteiger partial charge >= 0.3 is 0 Å². The van der Waals surface area contributed by atoms with E-state index in [1.807, 2.05) is 42.5 Å². The number of ether oxygens (including phenoxy) is 1. The number of nitrogen functional groups attached to an aromatic ring is 1. The van der Waals surface area contributed by atoms with E-state index in [9.17, 15) is 18.0 Å². The van der Waals surface area contributed by atoms with E-state index >= 15 is 0 Å². The molecule has 2 aliphatic heterocycles. The van der Waals surface area contributed by atoms with Gasteiger partial charge in [0.05, 0.1) is 47.0 Å². The zero-order valence-corrected chi connectivity index (χ0v) is 28.9. The second kappa shape index (κ2) is 13.7. The largest absolute Gasteiger partial charge is 0.398 e. The first-order valence-corrected chi connectivity index (χ1v) is 17.9. The minimum absolute atomic E-state index is 0.142. The van der Waals surface area contributed by atoms with Gasteiger partial charge in [0, 0.05) is 34.8 Å². The molecule has 14 heteroatoms. The lowest BCUT2D eigenvalue weighted by Gasteiger charge is -2.38. The molecule has 0 aromatic heterocycles. The van der Waals surface area contributed by atoms with Gasteiger partial charge in [-0.3, -0.25) is 19.0 Å². The first-order chi connectivity index (χ1) is 21.3. The van der Waals surface area contributed by atoms with E-state index in [1.54, 1.807) is 28.0 Å². The highest BCUT2D eigenvalue weighted by atomic mass is 127. The van der Waals surface area contributed by atoms with E-state index in [1.165, 1.54) is 0 Å². The normalized spacial score (nSPS) is 19.8. The molecule has 1 atom stereocenters. The van der Waals surface area contributed by atoms with Gasteiger partial charge in [0.15, 0.2) is 0 Å². The van der Waals surface area contributed by atoms with Crippen molar-refractivity contribution in [2.24, 2.45) is 0 Å². The van der Waals surface area contributed by atoms with Crippen molar-refractivity contribution in [2.75, 3.05) is 56.3 Å². The molecule has 240 valence electrons. The second-order valence-corrected chi connectivity index (χ2v) is 14.8. The standard InChI is InChI=1S/C30H29Cl2IN4O3.CH4O3S/c31-21-4-1-19(2-5-21)27-29(39)36(12-11-35-13-15-40-16-14-35)26-8-6-22(33)18-23(26)28(38)37(27)30(9-10-30)20-3-7-24(32)25(34)17-20;1-5(2,3)4/h1-8,17-18,27H,9-16,34H2;1H3,(H,2,3,4). The van der Waals surface area contributed by atoms with Crippen LogP contribution >= 0.6 is 45.8 Å². The third kappa shape index (κ3) is 7.75. The Kier molecular flexibility index (Phi) is 10.3. The van der Waals surface area contributed by atoms with Gasteiger partial charge < -0.3 is 20.3 Å². The van der Waals surface area contributed by atoms with E-state index in [4.69, 9.17) is 38.2 Å². The number of hydrogen-bond donors (Lipinski definition) is 2. The minimum atomic E-state index is -3.67. The van der Waals surface area contributed by atoms with E-state index in [-0.39, 0.29) is 11.8 Å². The van der Waals surface area contributed by atoms with E-state index < -0.39 is 21.7 Å². The summed E-state index contributed by atoms with van der Waals surface area (Å²) >= 11 is 14.7. The van der Waals surface area contributed by atoms with Gasteiger partial charge in [0.25, 0.3) is 21.9 Å². The molecular weight excluding hydrogens is 754 g/mol. The van der Waals surface area contributed by atoms with Crippen LogP contribution in [0.3, 0.4) is 0 Å². The van der Waals surface area contributed by atoms with Crippen LogP contribution in [-0.4, -0.2) is 80.2 Å². The number of hydrogen-bond acceptors (Lipinski definition) is 7. The Labute approximate surface area is 286 Å². The molecule has 2 heterocycles. The molecule has 1 saturated heterocycles. The molecule has 3 N–H and O–H groups in total. The Bertz CT molecular complexity index is 1690. The molecule has 1 unspecified atom stereocenters. The number of carbonyl (C=O) groups excluding carboxylic acids is 2. The van der Waals surface area contributed by atoms with Crippen molar-refractivity contribution in [1.82, 2.24) is 9.80 Å². The van der Waals surface area contributed by atoms with E-state index in [2.05, 4.69) is 27.5 Å². The summed E-state index contributed by atoms with van der Waals surface area (Å²) in [5, 5.41) is 1.03. The highest BCUT2D eigenvalue weighted by Crippen LogP contribution is 2.56. The molecular formula is C31H33Cl2IN4O6S. The van der Waals surface area contributed by atoms with E-state index in [0.29, 0.717) is 72.4 Å². The van der Waals surface area contributed by atoms with Crippen LogP contribution < -0.4 is 10.6 Å². The molecule has 3 aromatic carbocycles. The molecule has 45 heavy (non-hydrogen) atoms. The van der Waals surface area contributed by atoms with Crippen molar-refractivity contribution in [1.29, 1.82) is 0 Å². The maximum absolute atomic E-state index is 14.7. The average Bonchev–Trinajstić information content (AvgIpc) is 3.80. The average molecular weight is 788 g/mol. The first kappa shape index (κ1) is 33.9. The minimum Gasteiger partial charge on any atom is -0.398 e. The summed E-state index contributed by atoms with van der Waals surface area (Å²) in [6.45, 7) is 4.12. The molecule has 1 saturated carbocycles. The summed E-state index contributed by atoms with van der Waals surface area (Å²) in [7, 11) is -3.67. The Morgan fingerprint density at radius 2 is 1.64 bits per heavy atom. The summed E-state index contributed by atoms with van der Waals surface area (Å²) in [6.07, 6.45) is 2.14. The van der Waals surface area contributed by atoms with Crippen molar-refractivity contribution < 1.29 is 27.3 Å². The number of nitrogens with zero attached hydrogens (tertiary/aromatic N) is 3. The van der Waals surface area contributed by atoms with Crippen molar-refractivity contribution in [3.05, 3.63) is 91.0 Å². The van der Waals surface area contributed by atoms with Crippen LogP contribution in [0.1, 0.15) is 40.4 Å². The van der Waals surface area contributed by atoms with Crippen LogP contribution in [0.25, 0.3) is 0 Å². The summed E-state index contributed by atoms with van der Waals surface area (Å²) in [5.41, 5.74) is 8.73. The topological polar surface area (TPSA) is 133 Å². The lowest BCUT2D eigenvalue weighted by molar-refractivity contribution is -0.124. The summed E-state index contributed by atoms with van der Waals surface area (Å²) < 4.78 is 32.3. The van der Waals surface area contributed by atoms with Gasteiger partial charge in [-0.2, -0.15) is 8.42 Å². The number of morpholine rings is 1. The number of amides is 2. The number of anilines is 2. The lowest BCUT2D eigenvalue weighted by atomic mass is 9.95. The third-order valence-corrected chi connectivity index (χ3v) is 9.37. The summed E-state index contributed by atoms with van der Waals surface area (Å²) in [4.78, 5) is 35.3. The van der Waals surface area contributed by atoms with Gasteiger partial charge in [-0.15, -0.1) is 0 Å². The van der Waals surface area contributed by atoms with Crippen molar-refractivity contribution in [3.63, 3.8) is 0 Å². The number of carbonyl (C=O) groups is 2. The zero-order valence-electron chi connectivity index (χ0n) is 24.5. The number of nitrogens with two attached hydrogens (primary N) is 1. The van der Waals surface area contributed by atoms with Gasteiger partial charge in [0.2, 0.25) is 0 Å². The highest BCUT2D eigenvalue weighted by Gasteiger charge is 2.57. The number of halogens is 3. The Morgan fingerprint density at radius 3 is 2.24 bits per heavy atom. The molecule has 2 amide bonds. The molecule has 2 fully saturated rings. The van der Waals surface area contributed by atoms with Gasteiger partial charge in [-0.1, -0.05) is 41.4 Å². The van der Waals surface area contributed by atoms with Crippen molar-refractivity contribution in [3.8, 4) is 0 Å². The smallest absolute Gasteiger partial charge is 0.261 e. The fourth-order valence-corrected chi connectivity index (χ4v) is 6.57. The first-order valence-electron chi connectivity index (χ1n) is 14.3. The molecule has 10 nitrogen and oxygen atoms in total. The Morgan fingerprint density at radius 1 is 1.00 bits per heavy atom. The predicted octanol–water partition coefficient (Wildman–Crippen LogP) is 5.24. The van der Waals surface area contributed by atoms with Crippen LogP contribution in [0, 0.1) is 3.57 Å². The van der Waals surface area contributed by atoms with Gasteiger partial charge in [-0.25, -0.2) is 0 Å². The predicted molar refractivity (Wildman–Crippen MR) is 183 cm³/mol. The maximum Gasteiger partial charge on any atom is 0.261 e. The fourth-order valence-electron chi connectivity index (χ4n) is 5.83. The highest BCUT2D eigenvalue weighted by molar-refractivity contribution is 14.1. The molecule has 0 bridgehead atoms. The van der Waals surface area contributed by atoms with Crippen LogP contribution in [0.5, 0.6) is 0 Å². The molecule has 0 spiro atoms. The molecule has 6 rings (SSSR count). The molecule has 3 aromatic rings. The maximum atomic E-state index is 14.7. The zero-order chi connectivity index (χ0) is 32.5. The molecule has 1 aliphatic carbocycles. The molecule has 0 radical (unpaired) electrons. The van der Waals surface area contributed by atoms with Crippen LogP contribution in [0.2, 0.25) is 10.0 Å². The summed E-state index contributed by atoms with van der Waals surface area (Å²) in [6, 6.07) is 17.6. The number of benzene rings is 3. The lowest BCUT2D eigenvalue weighted by Crippen LogP contribution is -2.49. The Hall–Kier alpha value is -2.46. The third-order valence-electron chi connectivity index (χ3n) is 8.10. The monoisotopic (exact) mass is 786 g/mol. The van der Waals surface area contributed by atoms with E-state index in [0.717, 1.165) is 27.8 Å². The van der Waals surface area contributed by atoms with Crippen molar-refractivity contribution in [2.45, 2.75) is 24.4 Å².